The summed E-state index contributed by atoms with van der Waals surface area (Å²) in [5, 5.41) is 12.4. The minimum absolute atomic E-state index is 0.312. The lowest BCUT2D eigenvalue weighted by Crippen LogP contribution is -2.57. The molecule has 0 heterocycles. The zero-order chi connectivity index (χ0) is 15.0. The molecule has 1 amide bonds. The Kier molecular flexibility index (Phi) is 3.86. The molecule has 0 spiro atoms. The number of nitrogens with one attached hydrogen (secondary N) is 1. The molecule has 0 radical (unpaired) electrons. The van der Waals surface area contributed by atoms with Gasteiger partial charge in [0.25, 0.3) is 5.91 Å². The predicted molar refractivity (Wildman–Crippen MR) is 68.6 cm³/mol. The van der Waals surface area contributed by atoms with Crippen molar-refractivity contribution in [1.29, 1.82) is 0 Å². The van der Waals surface area contributed by atoms with Gasteiger partial charge in [0.2, 0.25) is 0 Å². The van der Waals surface area contributed by atoms with Crippen LogP contribution in [-0.4, -0.2) is 22.2 Å². The number of aliphatic hydroxyl groups is 1. The van der Waals surface area contributed by atoms with E-state index in [0.717, 1.165) is 6.07 Å². The van der Waals surface area contributed by atoms with E-state index in [-0.39, 0.29) is 11.3 Å². The van der Waals surface area contributed by atoms with Gasteiger partial charge in [-0.15, -0.1) is 0 Å². The third-order valence-corrected chi connectivity index (χ3v) is 3.29. The van der Waals surface area contributed by atoms with Crippen LogP contribution in [0.2, 0.25) is 0 Å². The number of rotatable bonds is 3. The summed E-state index contributed by atoms with van der Waals surface area (Å²) in [6.07, 6.45) is 0. The second kappa shape index (κ2) is 4.77. The van der Waals surface area contributed by atoms with E-state index < -0.39 is 28.7 Å². The third-order valence-electron chi connectivity index (χ3n) is 3.29. The second-order valence-corrected chi connectivity index (χ2v) is 5.49. The van der Waals surface area contributed by atoms with Crippen LogP contribution in [0.15, 0.2) is 12.1 Å². The Hall–Kier alpha value is -1.69. The minimum atomic E-state index is -1.22. The molecule has 0 bridgehead atoms. The number of halogens is 2. The third kappa shape index (κ3) is 3.20. The number of nitrogen functional groups attached to an aromatic ring is 1. The molecule has 4 nitrogen and oxygen atoms in total. The standard InChI is InChI=1S/C13H18F2N2O2/c1-12(2,13(3,4)19)17-11(18)7-5-10(16)9(15)6-8(7)14/h5-6,19H,16H2,1-4H3,(H,17,18). The Morgan fingerprint density at radius 3 is 2.21 bits per heavy atom. The van der Waals surface area contributed by atoms with E-state index >= 15 is 0 Å². The van der Waals surface area contributed by atoms with Gasteiger partial charge in [-0.05, 0) is 33.8 Å². The number of nitrogens with two attached hydrogens (primary N) is 1. The Labute approximate surface area is 110 Å². The van der Waals surface area contributed by atoms with Gasteiger partial charge < -0.3 is 16.2 Å². The zero-order valence-corrected chi connectivity index (χ0v) is 11.3. The van der Waals surface area contributed by atoms with Gasteiger partial charge in [-0.2, -0.15) is 0 Å². The summed E-state index contributed by atoms with van der Waals surface area (Å²) in [6, 6.07) is 1.49. The molecule has 0 saturated heterocycles. The van der Waals surface area contributed by atoms with E-state index in [0.29, 0.717) is 6.07 Å². The number of anilines is 1. The Morgan fingerprint density at radius 2 is 1.74 bits per heavy atom. The first-order valence-corrected chi connectivity index (χ1v) is 5.75. The van der Waals surface area contributed by atoms with Crippen LogP contribution >= 0.6 is 0 Å². The average molecular weight is 272 g/mol. The highest BCUT2D eigenvalue weighted by atomic mass is 19.1. The molecule has 19 heavy (non-hydrogen) atoms. The van der Waals surface area contributed by atoms with Gasteiger partial charge in [-0.1, -0.05) is 0 Å². The Balaban J connectivity index is 3.06. The Bertz CT molecular complexity index is 508. The van der Waals surface area contributed by atoms with Crippen LogP contribution in [-0.2, 0) is 0 Å². The van der Waals surface area contributed by atoms with Gasteiger partial charge in [0.1, 0.15) is 11.6 Å². The maximum Gasteiger partial charge on any atom is 0.254 e. The summed E-state index contributed by atoms with van der Waals surface area (Å²) in [7, 11) is 0. The molecule has 0 aromatic heterocycles. The molecule has 0 atom stereocenters. The van der Waals surface area contributed by atoms with Crippen molar-refractivity contribution >= 4 is 11.6 Å². The lowest BCUT2D eigenvalue weighted by molar-refractivity contribution is -0.00300. The molecule has 1 rings (SSSR count). The van der Waals surface area contributed by atoms with Crippen LogP contribution < -0.4 is 11.1 Å². The van der Waals surface area contributed by atoms with Gasteiger partial charge in [-0.3, -0.25) is 4.79 Å². The maximum absolute atomic E-state index is 13.5. The minimum Gasteiger partial charge on any atom is -0.396 e. The molecule has 4 N–H and O–H groups in total. The normalized spacial score (nSPS) is 12.4. The number of hydrogen-bond acceptors (Lipinski definition) is 3. The predicted octanol–water partition coefficient (Wildman–Crippen LogP) is 1.83. The molecule has 0 fully saturated rings. The highest BCUT2D eigenvalue weighted by Crippen LogP contribution is 2.22. The summed E-state index contributed by atoms with van der Waals surface area (Å²) < 4.78 is 26.5. The van der Waals surface area contributed by atoms with Gasteiger partial charge in [0.15, 0.2) is 0 Å². The molecule has 0 aliphatic heterocycles. The van der Waals surface area contributed by atoms with Gasteiger partial charge in [-0.25, -0.2) is 8.78 Å². The first-order chi connectivity index (χ1) is 8.45. The molecular weight excluding hydrogens is 254 g/mol. The van der Waals surface area contributed by atoms with Crippen LogP contribution in [0.4, 0.5) is 14.5 Å². The average Bonchev–Trinajstić information content (AvgIpc) is 2.20. The summed E-state index contributed by atoms with van der Waals surface area (Å²) in [6.45, 7) is 6.22. The van der Waals surface area contributed by atoms with Crippen LogP contribution in [0, 0.1) is 11.6 Å². The van der Waals surface area contributed by atoms with E-state index in [1.165, 1.54) is 13.8 Å². The van der Waals surface area contributed by atoms with Gasteiger partial charge >= 0.3 is 0 Å². The molecule has 1 aromatic carbocycles. The number of benzene rings is 1. The van der Waals surface area contributed by atoms with Crippen LogP contribution in [0.5, 0.6) is 0 Å². The molecule has 0 unspecified atom stereocenters. The molecule has 0 aliphatic rings. The van der Waals surface area contributed by atoms with Crippen molar-refractivity contribution in [3.63, 3.8) is 0 Å². The number of carbonyl (C=O) groups is 1. The summed E-state index contributed by atoms with van der Waals surface area (Å²) in [4.78, 5) is 12.0. The zero-order valence-electron chi connectivity index (χ0n) is 11.3. The highest BCUT2D eigenvalue weighted by Gasteiger charge is 2.37. The van der Waals surface area contributed by atoms with Crippen LogP contribution in [0.3, 0.4) is 0 Å². The molecule has 0 saturated carbocycles. The largest absolute Gasteiger partial charge is 0.396 e. The number of amides is 1. The van der Waals surface area contributed by atoms with Crippen molar-refractivity contribution in [2.24, 2.45) is 0 Å². The van der Waals surface area contributed by atoms with Gasteiger partial charge in [0.05, 0.1) is 22.4 Å². The Morgan fingerprint density at radius 1 is 1.21 bits per heavy atom. The van der Waals surface area contributed by atoms with E-state index in [4.69, 9.17) is 5.73 Å². The molecule has 106 valence electrons. The lowest BCUT2D eigenvalue weighted by atomic mass is 9.85. The highest BCUT2D eigenvalue weighted by molar-refractivity contribution is 5.95. The van der Waals surface area contributed by atoms with Crippen molar-refractivity contribution in [2.75, 3.05) is 5.73 Å². The summed E-state index contributed by atoms with van der Waals surface area (Å²) >= 11 is 0. The monoisotopic (exact) mass is 272 g/mol. The van der Waals surface area contributed by atoms with E-state index in [2.05, 4.69) is 5.32 Å². The topological polar surface area (TPSA) is 75.3 Å². The SMILES string of the molecule is CC(C)(O)C(C)(C)NC(=O)c1cc(N)c(F)cc1F. The fourth-order valence-electron chi connectivity index (χ4n) is 1.24. The van der Waals surface area contributed by atoms with E-state index in [1.54, 1.807) is 13.8 Å². The number of hydrogen-bond donors (Lipinski definition) is 3. The molecular formula is C13H18F2N2O2. The van der Waals surface area contributed by atoms with Crippen LogP contribution in [0.1, 0.15) is 38.1 Å². The molecule has 0 aliphatic carbocycles. The van der Waals surface area contributed by atoms with Crippen LogP contribution in [0.25, 0.3) is 0 Å². The number of carbonyl (C=O) groups excluding carboxylic acids is 1. The van der Waals surface area contributed by atoms with Crippen molar-refractivity contribution in [2.45, 2.75) is 38.8 Å². The molecule has 6 heteroatoms. The first-order valence-electron chi connectivity index (χ1n) is 5.75. The lowest BCUT2D eigenvalue weighted by Gasteiger charge is -2.38. The van der Waals surface area contributed by atoms with Crippen molar-refractivity contribution in [1.82, 2.24) is 5.32 Å². The summed E-state index contributed by atoms with van der Waals surface area (Å²) in [5.74, 6) is -2.69. The summed E-state index contributed by atoms with van der Waals surface area (Å²) in [5.41, 5.74) is 2.41. The van der Waals surface area contributed by atoms with Crippen molar-refractivity contribution in [3.05, 3.63) is 29.3 Å². The smallest absolute Gasteiger partial charge is 0.254 e. The van der Waals surface area contributed by atoms with Gasteiger partial charge in [0, 0.05) is 6.07 Å². The molecule has 1 aromatic rings. The maximum atomic E-state index is 13.5. The van der Waals surface area contributed by atoms with E-state index in [1.807, 2.05) is 0 Å². The second-order valence-electron chi connectivity index (χ2n) is 5.49. The fraction of sp³-hybridized carbons (Fsp3) is 0.462. The quantitative estimate of drug-likeness (QED) is 0.735. The fourth-order valence-corrected chi connectivity index (χ4v) is 1.24. The first kappa shape index (κ1) is 15.4. The van der Waals surface area contributed by atoms with Crippen molar-refractivity contribution < 1.29 is 18.7 Å². The van der Waals surface area contributed by atoms with Crippen molar-refractivity contribution in [3.8, 4) is 0 Å². The van der Waals surface area contributed by atoms with E-state index in [9.17, 15) is 18.7 Å².